The predicted molar refractivity (Wildman–Crippen MR) is 84.0 cm³/mol. The van der Waals surface area contributed by atoms with Gasteiger partial charge in [-0.25, -0.2) is 9.97 Å². The lowest BCUT2D eigenvalue weighted by Gasteiger charge is -2.31. The highest BCUT2D eigenvalue weighted by Gasteiger charge is 2.25. The van der Waals surface area contributed by atoms with E-state index in [-0.39, 0.29) is 0 Å². The van der Waals surface area contributed by atoms with Crippen molar-refractivity contribution >= 4 is 5.95 Å². The van der Waals surface area contributed by atoms with E-state index in [9.17, 15) is 0 Å². The Kier molecular flexibility index (Phi) is 5.35. The summed E-state index contributed by atoms with van der Waals surface area (Å²) in [6.45, 7) is 8.50. The number of hydrogen-bond donors (Lipinski definition) is 1. The van der Waals surface area contributed by atoms with Crippen LogP contribution in [0.4, 0.5) is 5.95 Å². The molecule has 4 nitrogen and oxygen atoms in total. The van der Waals surface area contributed by atoms with Crippen LogP contribution in [0.15, 0.2) is 6.20 Å². The van der Waals surface area contributed by atoms with Crippen LogP contribution in [0.2, 0.25) is 0 Å². The third-order valence-electron chi connectivity index (χ3n) is 4.02. The van der Waals surface area contributed by atoms with E-state index in [1.54, 1.807) is 0 Å². The van der Waals surface area contributed by atoms with Crippen LogP contribution in [0.5, 0.6) is 0 Å². The summed E-state index contributed by atoms with van der Waals surface area (Å²) in [5.41, 5.74) is 2.28. The first-order chi connectivity index (χ1) is 9.61. The van der Waals surface area contributed by atoms with Gasteiger partial charge < -0.3 is 10.2 Å². The summed E-state index contributed by atoms with van der Waals surface area (Å²) in [4.78, 5) is 11.8. The zero-order valence-electron chi connectivity index (χ0n) is 13.3. The van der Waals surface area contributed by atoms with Crippen LogP contribution >= 0.6 is 0 Å². The lowest BCUT2D eigenvalue weighted by atomic mass is 10.1. The van der Waals surface area contributed by atoms with Crippen molar-refractivity contribution in [1.29, 1.82) is 0 Å². The van der Waals surface area contributed by atoms with Gasteiger partial charge >= 0.3 is 0 Å². The van der Waals surface area contributed by atoms with Crippen LogP contribution in [-0.4, -0.2) is 29.6 Å². The molecule has 112 valence electrons. The summed E-state index contributed by atoms with van der Waals surface area (Å²) in [5.74, 6) is 1.56. The minimum atomic E-state index is 0.631. The van der Waals surface area contributed by atoms with E-state index in [4.69, 9.17) is 4.98 Å². The molecule has 1 heterocycles. The summed E-state index contributed by atoms with van der Waals surface area (Å²) in [5, 5.41) is 3.17. The molecule has 0 spiro atoms. The number of nitrogens with zero attached hydrogens (tertiary/aromatic N) is 3. The van der Waals surface area contributed by atoms with Crippen molar-refractivity contribution in [3.05, 3.63) is 17.5 Å². The SMILES string of the molecule is CNCc1cnc(N(CC(C)C)C2CCCC2)nc1C. The maximum absolute atomic E-state index is 4.76. The Balaban J connectivity index is 2.21. The van der Waals surface area contributed by atoms with E-state index in [0.717, 1.165) is 24.7 Å². The summed E-state index contributed by atoms with van der Waals surface area (Å²) in [6, 6.07) is 0.631. The molecule has 2 rings (SSSR count). The van der Waals surface area contributed by atoms with Gasteiger partial charge in [0.1, 0.15) is 0 Å². The standard InChI is InChI=1S/C16H28N4/c1-12(2)11-20(15-7-5-6-8-15)16-18-10-14(9-17-4)13(3)19-16/h10,12,15,17H,5-9,11H2,1-4H3. The largest absolute Gasteiger partial charge is 0.338 e. The molecule has 0 unspecified atom stereocenters. The van der Waals surface area contributed by atoms with Crippen LogP contribution in [-0.2, 0) is 6.54 Å². The highest BCUT2D eigenvalue weighted by atomic mass is 15.3. The Morgan fingerprint density at radius 2 is 2.05 bits per heavy atom. The first-order valence-corrected chi connectivity index (χ1v) is 7.85. The van der Waals surface area contributed by atoms with Crippen molar-refractivity contribution in [1.82, 2.24) is 15.3 Å². The van der Waals surface area contributed by atoms with Crippen LogP contribution in [0.25, 0.3) is 0 Å². The third-order valence-corrected chi connectivity index (χ3v) is 4.02. The minimum absolute atomic E-state index is 0.631. The first-order valence-electron chi connectivity index (χ1n) is 7.85. The topological polar surface area (TPSA) is 41.1 Å². The van der Waals surface area contributed by atoms with Crippen molar-refractivity contribution in [3.8, 4) is 0 Å². The van der Waals surface area contributed by atoms with Gasteiger partial charge in [-0.15, -0.1) is 0 Å². The van der Waals surface area contributed by atoms with Crippen LogP contribution in [0.1, 0.15) is 50.8 Å². The molecule has 0 bridgehead atoms. The molecule has 20 heavy (non-hydrogen) atoms. The van der Waals surface area contributed by atoms with Gasteiger partial charge in [0.2, 0.25) is 5.95 Å². The molecule has 1 saturated carbocycles. The van der Waals surface area contributed by atoms with E-state index < -0.39 is 0 Å². The molecule has 1 aliphatic carbocycles. The maximum atomic E-state index is 4.76. The second-order valence-corrected chi connectivity index (χ2v) is 6.30. The molecule has 0 aromatic carbocycles. The molecular weight excluding hydrogens is 248 g/mol. The van der Waals surface area contributed by atoms with E-state index in [0.29, 0.717) is 12.0 Å². The smallest absolute Gasteiger partial charge is 0.225 e. The van der Waals surface area contributed by atoms with Crippen LogP contribution < -0.4 is 10.2 Å². The molecule has 0 saturated heterocycles. The van der Waals surface area contributed by atoms with E-state index in [1.165, 1.54) is 31.2 Å². The summed E-state index contributed by atoms with van der Waals surface area (Å²) < 4.78 is 0. The average molecular weight is 276 g/mol. The van der Waals surface area contributed by atoms with Gasteiger partial charge in [-0.2, -0.15) is 0 Å². The van der Waals surface area contributed by atoms with E-state index in [2.05, 4.69) is 36.0 Å². The van der Waals surface area contributed by atoms with Gasteiger partial charge in [-0.1, -0.05) is 26.7 Å². The molecule has 0 radical (unpaired) electrons. The van der Waals surface area contributed by atoms with E-state index in [1.807, 2.05) is 13.2 Å². The first kappa shape index (κ1) is 15.2. The maximum Gasteiger partial charge on any atom is 0.225 e. The molecular formula is C16H28N4. The molecule has 1 fully saturated rings. The number of aromatic nitrogens is 2. The fourth-order valence-corrected chi connectivity index (χ4v) is 2.99. The van der Waals surface area contributed by atoms with Crippen molar-refractivity contribution < 1.29 is 0 Å². The molecule has 0 amide bonds. The normalized spacial score (nSPS) is 16.1. The Labute approximate surface area is 123 Å². The molecule has 0 atom stereocenters. The average Bonchev–Trinajstić information content (AvgIpc) is 2.92. The molecule has 1 aromatic heterocycles. The molecule has 4 heteroatoms. The Morgan fingerprint density at radius 1 is 1.35 bits per heavy atom. The van der Waals surface area contributed by atoms with Gasteiger partial charge in [0, 0.05) is 36.6 Å². The lowest BCUT2D eigenvalue weighted by molar-refractivity contribution is 0.525. The summed E-state index contributed by atoms with van der Waals surface area (Å²) in [7, 11) is 1.96. The molecule has 1 N–H and O–H groups in total. The van der Waals surface area contributed by atoms with Gasteiger partial charge in [-0.3, -0.25) is 0 Å². The third kappa shape index (κ3) is 3.69. The number of aryl methyl sites for hydroxylation is 1. The number of hydrogen-bond acceptors (Lipinski definition) is 4. The second-order valence-electron chi connectivity index (χ2n) is 6.30. The zero-order valence-corrected chi connectivity index (χ0v) is 13.3. The van der Waals surface area contributed by atoms with Crippen LogP contribution in [0.3, 0.4) is 0 Å². The van der Waals surface area contributed by atoms with Crippen molar-refractivity contribution in [2.45, 2.75) is 59.0 Å². The Bertz CT molecular complexity index is 424. The van der Waals surface area contributed by atoms with Gasteiger partial charge in [0.05, 0.1) is 0 Å². The zero-order chi connectivity index (χ0) is 14.5. The van der Waals surface area contributed by atoms with Crippen molar-refractivity contribution in [2.75, 3.05) is 18.5 Å². The van der Waals surface area contributed by atoms with E-state index >= 15 is 0 Å². The van der Waals surface area contributed by atoms with Crippen molar-refractivity contribution in [2.24, 2.45) is 5.92 Å². The van der Waals surface area contributed by atoms with Gasteiger partial charge in [0.15, 0.2) is 0 Å². The quantitative estimate of drug-likeness (QED) is 0.867. The molecule has 0 aliphatic heterocycles. The lowest BCUT2D eigenvalue weighted by Crippen LogP contribution is -2.37. The van der Waals surface area contributed by atoms with Crippen molar-refractivity contribution in [3.63, 3.8) is 0 Å². The number of anilines is 1. The highest BCUT2D eigenvalue weighted by molar-refractivity contribution is 5.35. The Hall–Kier alpha value is -1.16. The van der Waals surface area contributed by atoms with Crippen LogP contribution in [0, 0.1) is 12.8 Å². The molecule has 1 aromatic rings. The summed E-state index contributed by atoms with van der Waals surface area (Å²) >= 11 is 0. The number of rotatable bonds is 6. The fourth-order valence-electron chi connectivity index (χ4n) is 2.99. The molecule has 1 aliphatic rings. The Morgan fingerprint density at radius 3 is 2.60 bits per heavy atom. The fraction of sp³-hybridized carbons (Fsp3) is 0.750. The second kappa shape index (κ2) is 7.02. The van der Waals surface area contributed by atoms with Gasteiger partial charge in [0.25, 0.3) is 0 Å². The monoisotopic (exact) mass is 276 g/mol. The number of nitrogens with one attached hydrogen (secondary N) is 1. The predicted octanol–water partition coefficient (Wildman–Crippen LogP) is 2.91. The highest BCUT2D eigenvalue weighted by Crippen LogP contribution is 2.27. The summed E-state index contributed by atoms with van der Waals surface area (Å²) in [6.07, 6.45) is 7.24. The minimum Gasteiger partial charge on any atom is -0.338 e. The van der Waals surface area contributed by atoms with Gasteiger partial charge in [-0.05, 0) is 32.7 Å².